The second-order valence-electron chi connectivity index (χ2n) is 4.89. The van der Waals surface area contributed by atoms with Crippen molar-refractivity contribution in [3.8, 4) is 0 Å². The molecule has 5 heteroatoms. The number of carbonyl (C=O) groups excluding carboxylic acids is 1. The van der Waals surface area contributed by atoms with Crippen LogP contribution in [0.3, 0.4) is 0 Å². The minimum atomic E-state index is -0.195. The maximum absolute atomic E-state index is 11.9. The quantitative estimate of drug-likeness (QED) is 0.748. The Morgan fingerprint density at radius 3 is 2.75 bits per heavy atom. The third-order valence-electron chi connectivity index (χ3n) is 3.05. The zero-order chi connectivity index (χ0) is 14.4. The average molecular weight is 314 g/mol. The third kappa shape index (κ3) is 5.35. The van der Waals surface area contributed by atoms with Gasteiger partial charge in [-0.1, -0.05) is 23.7 Å². The first-order chi connectivity index (χ1) is 9.69. The van der Waals surface area contributed by atoms with Gasteiger partial charge in [0.2, 0.25) is 0 Å². The Bertz CT molecular complexity index is 434. The molecule has 0 radical (unpaired) electrons. The molecule has 1 saturated carbocycles. The number of benzene rings is 1. The number of carbonyl (C=O) groups is 1. The minimum Gasteiger partial charge on any atom is -0.465 e. The van der Waals surface area contributed by atoms with Gasteiger partial charge < -0.3 is 10.1 Å². The van der Waals surface area contributed by atoms with Crippen LogP contribution in [0.5, 0.6) is 0 Å². The number of halogens is 1. The lowest BCUT2D eigenvalue weighted by atomic mass is 10.2. The predicted octanol–water partition coefficient (Wildman–Crippen LogP) is 3.26. The van der Waals surface area contributed by atoms with E-state index in [0.717, 1.165) is 29.4 Å². The highest BCUT2D eigenvalue weighted by atomic mass is 35.5. The lowest BCUT2D eigenvalue weighted by molar-refractivity contribution is -0.145. The van der Waals surface area contributed by atoms with E-state index in [0.29, 0.717) is 12.6 Å². The van der Waals surface area contributed by atoms with Gasteiger partial charge in [-0.2, -0.15) is 11.8 Å². The van der Waals surface area contributed by atoms with Gasteiger partial charge in [0, 0.05) is 22.6 Å². The van der Waals surface area contributed by atoms with E-state index in [1.54, 1.807) is 11.8 Å². The van der Waals surface area contributed by atoms with E-state index in [2.05, 4.69) is 5.32 Å². The van der Waals surface area contributed by atoms with Crippen LogP contribution in [-0.2, 0) is 15.3 Å². The summed E-state index contributed by atoms with van der Waals surface area (Å²) in [6, 6.07) is 8.12. The van der Waals surface area contributed by atoms with E-state index in [9.17, 15) is 4.79 Å². The molecule has 20 heavy (non-hydrogen) atoms. The topological polar surface area (TPSA) is 38.3 Å². The van der Waals surface area contributed by atoms with Crippen molar-refractivity contribution < 1.29 is 9.53 Å². The van der Waals surface area contributed by atoms with E-state index in [-0.39, 0.29) is 12.0 Å². The van der Waals surface area contributed by atoms with Crippen LogP contribution in [0.4, 0.5) is 0 Å². The summed E-state index contributed by atoms with van der Waals surface area (Å²) in [7, 11) is 0. The van der Waals surface area contributed by atoms with E-state index >= 15 is 0 Å². The largest absolute Gasteiger partial charge is 0.465 e. The van der Waals surface area contributed by atoms with Gasteiger partial charge in [-0.3, -0.25) is 4.79 Å². The molecule has 3 nitrogen and oxygen atoms in total. The van der Waals surface area contributed by atoms with Gasteiger partial charge in [0.25, 0.3) is 0 Å². The van der Waals surface area contributed by atoms with Crippen molar-refractivity contribution in [2.45, 2.75) is 37.6 Å². The van der Waals surface area contributed by atoms with Crippen molar-refractivity contribution in [1.29, 1.82) is 0 Å². The van der Waals surface area contributed by atoms with Gasteiger partial charge in [-0.15, -0.1) is 0 Å². The highest BCUT2D eigenvalue weighted by Gasteiger charge is 2.28. The van der Waals surface area contributed by atoms with Gasteiger partial charge in [0.15, 0.2) is 0 Å². The molecule has 0 spiro atoms. The van der Waals surface area contributed by atoms with Crippen molar-refractivity contribution in [3.05, 3.63) is 34.9 Å². The highest BCUT2D eigenvalue weighted by Crippen LogP contribution is 2.22. The van der Waals surface area contributed by atoms with Gasteiger partial charge in [-0.25, -0.2) is 0 Å². The molecule has 0 saturated heterocycles. The van der Waals surface area contributed by atoms with Crippen LogP contribution in [0, 0.1) is 0 Å². The zero-order valence-corrected chi connectivity index (χ0v) is 13.2. The van der Waals surface area contributed by atoms with Crippen molar-refractivity contribution >= 4 is 29.3 Å². The van der Waals surface area contributed by atoms with Crippen molar-refractivity contribution in [3.63, 3.8) is 0 Å². The molecule has 110 valence electrons. The number of hydrogen-bond acceptors (Lipinski definition) is 4. The molecule has 1 aliphatic carbocycles. The summed E-state index contributed by atoms with van der Waals surface area (Å²) in [6.07, 6.45) is 2.33. The Kier molecular flexibility index (Phi) is 6.20. The van der Waals surface area contributed by atoms with E-state index in [1.807, 2.05) is 31.2 Å². The Hall–Kier alpha value is -0.710. The zero-order valence-electron chi connectivity index (χ0n) is 11.6. The SMILES string of the molecule is CCOC(=O)C(CSCc1ccc(Cl)cc1)NC1CC1. The fraction of sp³-hybridized carbons (Fsp3) is 0.533. The molecule has 1 aliphatic rings. The Balaban J connectivity index is 1.78. The molecule has 0 aromatic heterocycles. The van der Waals surface area contributed by atoms with Gasteiger partial charge >= 0.3 is 5.97 Å². The van der Waals surface area contributed by atoms with Crippen LogP contribution in [0.25, 0.3) is 0 Å². The lowest BCUT2D eigenvalue weighted by Gasteiger charge is -2.16. The summed E-state index contributed by atoms with van der Waals surface area (Å²) in [4.78, 5) is 11.9. The Labute approximate surface area is 129 Å². The molecule has 1 atom stereocenters. The summed E-state index contributed by atoms with van der Waals surface area (Å²) < 4.78 is 5.12. The van der Waals surface area contributed by atoms with Gasteiger partial charge in [0.1, 0.15) is 6.04 Å². The van der Waals surface area contributed by atoms with Crippen molar-refractivity contribution in [2.24, 2.45) is 0 Å². The predicted molar refractivity (Wildman–Crippen MR) is 84.2 cm³/mol. The molecule has 1 unspecified atom stereocenters. The van der Waals surface area contributed by atoms with Crippen LogP contribution in [0.1, 0.15) is 25.3 Å². The number of rotatable bonds is 8. The molecule has 0 aliphatic heterocycles. The molecular formula is C15H20ClNO2S. The van der Waals surface area contributed by atoms with Gasteiger partial charge in [0.05, 0.1) is 6.61 Å². The summed E-state index contributed by atoms with van der Waals surface area (Å²) in [6.45, 7) is 2.27. The third-order valence-corrected chi connectivity index (χ3v) is 4.41. The van der Waals surface area contributed by atoms with E-state index < -0.39 is 0 Å². The smallest absolute Gasteiger partial charge is 0.323 e. The lowest BCUT2D eigenvalue weighted by Crippen LogP contribution is -2.41. The summed E-state index contributed by atoms with van der Waals surface area (Å²) in [5.74, 6) is 1.47. The second-order valence-corrected chi connectivity index (χ2v) is 6.35. The molecule has 0 heterocycles. The van der Waals surface area contributed by atoms with E-state index in [1.165, 1.54) is 5.56 Å². The molecule has 1 fully saturated rings. The first kappa shape index (κ1) is 15.7. The molecular weight excluding hydrogens is 294 g/mol. The van der Waals surface area contributed by atoms with Crippen LogP contribution in [-0.4, -0.2) is 30.4 Å². The van der Waals surface area contributed by atoms with Crippen molar-refractivity contribution in [2.75, 3.05) is 12.4 Å². The number of nitrogens with one attached hydrogen (secondary N) is 1. The normalized spacial score (nSPS) is 15.9. The maximum atomic E-state index is 11.9. The monoisotopic (exact) mass is 313 g/mol. The summed E-state index contributed by atoms with van der Waals surface area (Å²) in [5.41, 5.74) is 1.22. The summed E-state index contributed by atoms with van der Waals surface area (Å²) in [5, 5.41) is 4.10. The molecule has 0 bridgehead atoms. The second kappa shape index (κ2) is 7.91. The Morgan fingerprint density at radius 2 is 2.15 bits per heavy atom. The fourth-order valence-corrected chi connectivity index (χ4v) is 2.98. The standard InChI is InChI=1S/C15H20ClNO2S/c1-2-19-15(18)14(17-13-7-8-13)10-20-9-11-3-5-12(16)6-4-11/h3-6,13-14,17H,2,7-10H2,1H3. The molecule has 1 aromatic carbocycles. The van der Waals surface area contributed by atoms with E-state index in [4.69, 9.17) is 16.3 Å². The molecule has 1 aromatic rings. The maximum Gasteiger partial charge on any atom is 0.323 e. The van der Waals surface area contributed by atoms with Crippen LogP contribution < -0.4 is 5.32 Å². The highest BCUT2D eigenvalue weighted by molar-refractivity contribution is 7.98. The number of hydrogen-bond donors (Lipinski definition) is 1. The number of esters is 1. The van der Waals surface area contributed by atoms with Gasteiger partial charge in [-0.05, 0) is 37.5 Å². The van der Waals surface area contributed by atoms with Crippen LogP contribution in [0.2, 0.25) is 5.02 Å². The molecule has 0 amide bonds. The first-order valence-corrected chi connectivity index (χ1v) is 8.47. The van der Waals surface area contributed by atoms with Crippen LogP contribution in [0.15, 0.2) is 24.3 Å². The Morgan fingerprint density at radius 1 is 1.45 bits per heavy atom. The number of thioether (sulfide) groups is 1. The fourth-order valence-electron chi connectivity index (χ4n) is 1.84. The molecule has 2 rings (SSSR count). The number of ether oxygens (including phenoxy) is 1. The molecule has 1 N–H and O–H groups in total. The summed E-state index contributed by atoms with van der Waals surface area (Å²) >= 11 is 7.60. The van der Waals surface area contributed by atoms with Crippen LogP contribution >= 0.6 is 23.4 Å². The van der Waals surface area contributed by atoms with Crippen molar-refractivity contribution in [1.82, 2.24) is 5.32 Å². The minimum absolute atomic E-state index is 0.136. The average Bonchev–Trinajstić information content (AvgIpc) is 3.24. The first-order valence-electron chi connectivity index (χ1n) is 6.94.